The van der Waals surface area contributed by atoms with Gasteiger partial charge in [0.15, 0.2) is 0 Å². The van der Waals surface area contributed by atoms with Crippen LogP contribution in [0.5, 0.6) is 0 Å². The van der Waals surface area contributed by atoms with E-state index < -0.39 is 6.10 Å². The summed E-state index contributed by atoms with van der Waals surface area (Å²) in [7, 11) is 0. The Bertz CT molecular complexity index is 342. The first kappa shape index (κ1) is 15.3. The Kier molecular flexibility index (Phi) is 6.52. The minimum atomic E-state index is -0.518. The molecule has 0 amide bonds. The average molecular weight is 273 g/mol. The molecule has 0 radical (unpaired) electrons. The van der Waals surface area contributed by atoms with E-state index in [1.165, 1.54) is 11.3 Å². The topological polar surface area (TPSA) is 67.3 Å². The van der Waals surface area contributed by atoms with Gasteiger partial charge in [-0.15, -0.1) is 10.2 Å². The van der Waals surface area contributed by atoms with E-state index >= 15 is 0 Å². The van der Waals surface area contributed by atoms with Gasteiger partial charge in [-0.05, 0) is 5.92 Å². The smallest absolute Gasteiger partial charge is 0.205 e. The van der Waals surface area contributed by atoms with Gasteiger partial charge in [0.2, 0.25) is 5.13 Å². The minimum Gasteiger partial charge on any atom is -0.389 e. The molecule has 1 heterocycles. The van der Waals surface area contributed by atoms with Crippen LogP contribution < -0.4 is 5.32 Å². The van der Waals surface area contributed by atoms with E-state index in [4.69, 9.17) is 4.74 Å². The number of aliphatic hydroxyl groups excluding tert-OH is 1. The lowest BCUT2D eigenvalue weighted by molar-refractivity contribution is 0.0318. The molecule has 0 fully saturated rings. The molecule has 1 aromatic rings. The monoisotopic (exact) mass is 273 g/mol. The number of hydrogen-bond donors (Lipinski definition) is 2. The number of aromatic nitrogens is 2. The normalized spacial score (nSPS) is 13.3. The van der Waals surface area contributed by atoms with Crippen molar-refractivity contribution in [2.24, 2.45) is 5.92 Å². The molecular formula is C12H23N3O2S. The summed E-state index contributed by atoms with van der Waals surface area (Å²) in [5.74, 6) is 0.874. The fourth-order valence-electron chi connectivity index (χ4n) is 1.24. The molecule has 0 spiro atoms. The lowest BCUT2D eigenvalue weighted by Crippen LogP contribution is -2.25. The highest BCUT2D eigenvalue weighted by molar-refractivity contribution is 7.15. The Labute approximate surface area is 113 Å². The summed E-state index contributed by atoms with van der Waals surface area (Å²) in [6.45, 7) is 9.79. The predicted octanol–water partition coefficient (Wildman–Crippen LogP) is 2.11. The molecule has 1 aromatic heterocycles. The van der Waals surface area contributed by atoms with Gasteiger partial charge in [0.1, 0.15) is 5.01 Å². The molecule has 5 nitrogen and oxygen atoms in total. The molecule has 6 heteroatoms. The lowest BCUT2D eigenvalue weighted by atomic mass is 10.2. The molecular weight excluding hydrogens is 250 g/mol. The summed E-state index contributed by atoms with van der Waals surface area (Å²) in [6, 6.07) is 0. The van der Waals surface area contributed by atoms with Crippen LogP contribution in [0, 0.1) is 5.92 Å². The van der Waals surface area contributed by atoms with Crippen LogP contribution in [0.15, 0.2) is 0 Å². The van der Waals surface area contributed by atoms with Gasteiger partial charge in [-0.1, -0.05) is 39.0 Å². The van der Waals surface area contributed by atoms with Crippen molar-refractivity contribution >= 4 is 16.5 Å². The largest absolute Gasteiger partial charge is 0.389 e. The highest BCUT2D eigenvalue weighted by atomic mass is 32.1. The Morgan fingerprint density at radius 3 is 2.50 bits per heavy atom. The van der Waals surface area contributed by atoms with Crippen molar-refractivity contribution in [2.75, 3.05) is 25.1 Å². The first-order valence-electron chi connectivity index (χ1n) is 6.32. The van der Waals surface area contributed by atoms with E-state index in [2.05, 4.69) is 43.2 Å². The van der Waals surface area contributed by atoms with E-state index in [0.717, 1.165) is 10.1 Å². The lowest BCUT2D eigenvalue weighted by Gasteiger charge is -2.12. The third-order valence-corrected chi connectivity index (χ3v) is 3.37. The summed E-state index contributed by atoms with van der Waals surface area (Å²) in [5.41, 5.74) is 0. The molecule has 0 aliphatic carbocycles. The summed E-state index contributed by atoms with van der Waals surface area (Å²) >= 11 is 1.53. The SMILES string of the molecule is CC(C)COC[C@@H](O)CNc1nnc(C(C)C)s1. The molecule has 0 aliphatic rings. The highest BCUT2D eigenvalue weighted by Gasteiger charge is 2.09. The van der Waals surface area contributed by atoms with Crippen LogP contribution in [-0.4, -0.2) is 41.2 Å². The molecule has 0 aromatic carbocycles. The van der Waals surface area contributed by atoms with Crippen molar-refractivity contribution in [2.45, 2.75) is 39.7 Å². The van der Waals surface area contributed by atoms with Gasteiger partial charge in [-0.3, -0.25) is 0 Å². The van der Waals surface area contributed by atoms with Crippen LogP contribution in [-0.2, 0) is 4.74 Å². The van der Waals surface area contributed by atoms with Crippen LogP contribution in [0.2, 0.25) is 0 Å². The van der Waals surface area contributed by atoms with Crippen molar-refractivity contribution in [3.8, 4) is 0 Å². The van der Waals surface area contributed by atoms with Crippen molar-refractivity contribution < 1.29 is 9.84 Å². The maximum absolute atomic E-state index is 9.71. The van der Waals surface area contributed by atoms with Gasteiger partial charge in [-0.2, -0.15) is 0 Å². The van der Waals surface area contributed by atoms with Gasteiger partial charge in [-0.25, -0.2) is 0 Å². The second kappa shape index (κ2) is 7.66. The van der Waals surface area contributed by atoms with E-state index in [1.807, 2.05) is 0 Å². The number of nitrogens with one attached hydrogen (secondary N) is 1. The Hall–Kier alpha value is -0.720. The second-order valence-electron chi connectivity index (χ2n) is 5.07. The zero-order valence-electron chi connectivity index (χ0n) is 11.5. The van der Waals surface area contributed by atoms with E-state index in [9.17, 15) is 5.11 Å². The van der Waals surface area contributed by atoms with Crippen molar-refractivity contribution in [3.05, 3.63) is 5.01 Å². The first-order chi connectivity index (χ1) is 8.49. The van der Waals surface area contributed by atoms with Crippen LogP contribution in [0.1, 0.15) is 38.6 Å². The van der Waals surface area contributed by atoms with Gasteiger partial charge in [0, 0.05) is 19.1 Å². The fourth-order valence-corrected chi connectivity index (χ4v) is 2.00. The van der Waals surface area contributed by atoms with Crippen molar-refractivity contribution in [3.63, 3.8) is 0 Å². The quantitative estimate of drug-likeness (QED) is 0.759. The summed E-state index contributed by atoms with van der Waals surface area (Å²) in [4.78, 5) is 0. The number of aliphatic hydroxyl groups is 1. The number of nitrogens with zero attached hydrogens (tertiary/aromatic N) is 2. The molecule has 0 unspecified atom stereocenters. The maximum Gasteiger partial charge on any atom is 0.205 e. The predicted molar refractivity (Wildman–Crippen MR) is 74.2 cm³/mol. The molecule has 1 atom stereocenters. The summed E-state index contributed by atoms with van der Waals surface area (Å²) < 4.78 is 5.37. The number of rotatable bonds is 8. The fraction of sp³-hybridized carbons (Fsp3) is 0.833. The third-order valence-electron chi connectivity index (χ3n) is 2.18. The van der Waals surface area contributed by atoms with E-state index in [-0.39, 0.29) is 0 Å². The number of ether oxygens (including phenoxy) is 1. The number of hydrogen-bond acceptors (Lipinski definition) is 6. The Morgan fingerprint density at radius 1 is 1.22 bits per heavy atom. The van der Waals surface area contributed by atoms with Crippen molar-refractivity contribution in [1.82, 2.24) is 10.2 Å². The average Bonchev–Trinajstić information content (AvgIpc) is 2.74. The van der Waals surface area contributed by atoms with E-state index in [0.29, 0.717) is 31.6 Å². The summed E-state index contributed by atoms with van der Waals surface area (Å²) in [6.07, 6.45) is -0.518. The molecule has 104 valence electrons. The second-order valence-corrected chi connectivity index (χ2v) is 6.08. The van der Waals surface area contributed by atoms with Gasteiger partial charge >= 0.3 is 0 Å². The highest BCUT2D eigenvalue weighted by Crippen LogP contribution is 2.22. The number of anilines is 1. The van der Waals surface area contributed by atoms with Crippen LogP contribution in [0.3, 0.4) is 0 Å². The zero-order valence-corrected chi connectivity index (χ0v) is 12.3. The van der Waals surface area contributed by atoms with Crippen LogP contribution in [0.4, 0.5) is 5.13 Å². The first-order valence-corrected chi connectivity index (χ1v) is 7.13. The Balaban J connectivity index is 2.22. The maximum atomic E-state index is 9.71. The zero-order chi connectivity index (χ0) is 13.5. The minimum absolute atomic E-state index is 0.348. The molecule has 1 rings (SSSR count). The Morgan fingerprint density at radius 2 is 1.94 bits per heavy atom. The van der Waals surface area contributed by atoms with Crippen LogP contribution >= 0.6 is 11.3 Å². The van der Waals surface area contributed by atoms with Gasteiger partial charge in [0.25, 0.3) is 0 Å². The van der Waals surface area contributed by atoms with Gasteiger partial charge in [0.05, 0.1) is 12.7 Å². The van der Waals surface area contributed by atoms with Gasteiger partial charge < -0.3 is 15.2 Å². The third kappa shape index (κ3) is 5.75. The summed E-state index contributed by atoms with van der Waals surface area (Å²) in [5, 5.41) is 22.6. The molecule has 0 saturated heterocycles. The molecule has 0 saturated carbocycles. The molecule has 0 aliphatic heterocycles. The van der Waals surface area contributed by atoms with E-state index in [1.54, 1.807) is 0 Å². The standard InChI is InChI=1S/C12H23N3O2S/c1-8(2)6-17-7-10(16)5-13-12-15-14-11(18-12)9(3)4/h8-10,16H,5-7H2,1-4H3,(H,13,15)/t10-/m0/s1. The van der Waals surface area contributed by atoms with Crippen LogP contribution in [0.25, 0.3) is 0 Å². The molecule has 18 heavy (non-hydrogen) atoms. The molecule has 0 bridgehead atoms. The van der Waals surface area contributed by atoms with Crippen molar-refractivity contribution in [1.29, 1.82) is 0 Å². The molecule has 2 N–H and O–H groups in total.